The molecule has 2 rings (SSSR count). The zero-order valence-electron chi connectivity index (χ0n) is 17.5. The van der Waals surface area contributed by atoms with Gasteiger partial charge >= 0.3 is 8.56 Å². The Labute approximate surface area is 161 Å². The normalized spacial score (nSPS) is 17.2. The van der Waals surface area contributed by atoms with Gasteiger partial charge in [-0.3, -0.25) is 9.69 Å². The lowest BCUT2D eigenvalue weighted by Gasteiger charge is -2.39. The zero-order valence-corrected chi connectivity index (χ0v) is 19.5. The van der Waals surface area contributed by atoms with Gasteiger partial charge in [-0.05, 0) is 96.8 Å². The van der Waals surface area contributed by atoms with Gasteiger partial charge in [0.25, 0.3) is 0 Å². The number of rotatable bonds is 7. The summed E-state index contributed by atoms with van der Waals surface area (Å²) in [5, 5.41) is 0. The summed E-state index contributed by atoms with van der Waals surface area (Å²) in [5.41, 5.74) is 0.288. The number of likely N-dealkylation sites (tertiary alicyclic amines) is 1. The lowest BCUT2D eigenvalue weighted by Crippen LogP contribution is -2.52. The fourth-order valence-corrected chi connectivity index (χ4v) is 10.4. The Kier molecular flexibility index (Phi) is 6.54. The van der Waals surface area contributed by atoms with Crippen molar-refractivity contribution in [1.29, 1.82) is 0 Å². The molecule has 0 spiro atoms. The Morgan fingerprint density at radius 3 is 2.00 bits per heavy atom. The average Bonchev–Trinajstić information content (AvgIpc) is 2.53. The lowest BCUT2D eigenvalue weighted by atomic mass is 9.89. The Morgan fingerprint density at radius 1 is 0.962 bits per heavy atom. The quantitative estimate of drug-likeness (QED) is 0.479. The van der Waals surface area contributed by atoms with E-state index in [1.165, 1.54) is 19.3 Å². The van der Waals surface area contributed by atoms with Crippen molar-refractivity contribution < 1.29 is 13.3 Å². The molecule has 1 heterocycles. The van der Waals surface area contributed by atoms with E-state index in [0.717, 1.165) is 24.4 Å². The highest BCUT2D eigenvalue weighted by Crippen LogP contribution is 2.26. The van der Waals surface area contributed by atoms with Crippen LogP contribution in [0.5, 0.6) is 5.75 Å². The highest BCUT2D eigenvalue weighted by molar-refractivity contribution is 6.81. The Morgan fingerprint density at radius 2 is 1.50 bits per heavy atom. The van der Waals surface area contributed by atoms with Crippen LogP contribution in [0.25, 0.3) is 0 Å². The van der Waals surface area contributed by atoms with Crippen molar-refractivity contribution in [1.82, 2.24) is 4.90 Å². The first-order chi connectivity index (χ1) is 11.9. The van der Waals surface area contributed by atoms with Crippen LogP contribution >= 0.6 is 0 Å². The number of Topliss-reactive ketones (excluding diaryl/α,β-unsaturated/α-hetero) is 1. The third-order valence-electron chi connectivity index (χ3n) is 4.73. The molecule has 0 radical (unpaired) electrons. The minimum atomic E-state index is -2.22. The van der Waals surface area contributed by atoms with Crippen LogP contribution in [0.4, 0.5) is 0 Å². The average molecular weight is 394 g/mol. The Hall–Kier alpha value is -0.956. The van der Waals surface area contributed by atoms with Gasteiger partial charge in [-0.2, -0.15) is 0 Å². The standard InChI is InChI=1S/C20H35NO3Si2/c1-20(2,21-15-9-8-10-16-21)19(22)17-11-13-18(14-12-17)23-26(6,7)24-25(3,4)5/h11-14H,8-10,15-16H2,1-7H3. The molecule has 0 unspecified atom stereocenters. The van der Waals surface area contributed by atoms with E-state index in [-0.39, 0.29) is 5.78 Å². The summed E-state index contributed by atoms with van der Waals surface area (Å²) in [6, 6.07) is 7.59. The van der Waals surface area contributed by atoms with Crippen molar-refractivity contribution in [3.8, 4) is 5.75 Å². The number of hydrogen-bond acceptors (Lipinski definition) is 4. The van der Waals surface area contributed by atoms with Crippen LogP contribution in [0.15, 0.2) is 24.3 Å². The molecular formula is C20H35NO3Si2. The number of piperidine rings is 1. The topological polar surface area (TPSA) is 38.8 Å². The largest absolute Gasteiger partial charge is 0.521 e. The summed E-state index contributed by atoms with van der Waals surface area (Å²) in [6.07, 6.45) is 3.63. The number of carbonyl (C=O) groups excluding carboxylic acids is 1. The second kappa shape index (κ2) is 7.96. The van der Waals surface area contributed by atoms with Crippen molar-refractivity contribution in [2.24, 2.45) is 0 Å². The molecule has 1 fully saturated rings. The number of ketones is 1. The van der Waals surface area contributed by atoms with Gasteiger partial charge in [-0.25, -0.2) is 0 Å². The van der Waals surface area contributed by atoms with Gasteiger partial charge in [0.15, 0.2) is 14.1 Å². The first-order valence-electron chi connectivity index (χ1n) is 9.70. The summed E-state index contributed by atoms with van der Waals surface area (Å²) >= 11 is 0. The fraction of sp³-hybridized carbons (Fsp3) is 0.650. The van der Waals surface area contributed by atoms with Gasteiger partial charge in [0.1, 0.15) is 5.75 Å². The van der Waals surface area contributed by atoms with Gasteiger partial charge in [-0.1, -0.05) is 6.42 Å². The summed E-state index contributed by atoms with van der Waals surface area (Å²) in [6.45, 7) is 16.8. The molecule has 6 heteroatoms. The van der Waals surface area contributed by atoms with Gasteiger partial charge < -0.3 is 8.54 Å². The molecule has 0 N–H and O–H groups in total. The van der Waals surface area contributed by atoms with Crippen LogP contribution in [-0.4, -0.2) is 46.2 Å². The smallest absolute Gasteiger partial charge is 0.382 e. The van der Waals surface area contributed by atoms with E-state index in [4.69, 9.17) is 8.54 Å². The van der Waals surface area contributed by atoms with Crippen LogP contribution < -0.4 is 4.43 Å². The van der Waals surface area contributed by atoms with E-state index in [1.54, 1.807) is 0 Å². The fourth-order valence-electron chi connectivity index (χ4n) is 3.67. The highest BCUT2D eigenvalue weighted by Gasteiger charge is 2.36. The Bertz CT molecular complexity index is 615. The van der Waals surface area contributed by atoms with E-state index in [0.29, 0.717) is 0 Å². The zero-order chi connectivity index (χ0) is 19.6. The monoisotopic (exact) mass is 393 g/mol. The maximum atomic E-state index is 13.1. The molecule has 0 aliphatic carbocycles. The van der Waals surface area contributed by atoms with Crippen LogP contribution in [0.2, 0.25) is 32.7 Å². The predicted octanol–water partition coefficient (Wildman–Crippen LogP) is 5.07. The van der Waals surface area contributed by atoms with Crippen LogP contribution in [0.3, 0.4) is 0 Å². The maximum absolute atomic E-state index is 13.1. The molecule has 1 aromatic rings. The molecule has 1 saturated heterocycles. The molecule has 146 valence electrons. The van der Waals surface area contributed by atoms with Crippen molar-refractivity contribution >= 4 is 22.7 Å². The van der Waals surface area contributed by atoms with Gasteiger partial charge in [0, 0.05) is 5.56 Å². The van der Waals surface area contributed by atoms with Crippen LogP contribution in [-0.2, 0) is 4.12 Å². The number of hydrogen-bond donors (Lipinski definition) is 0. The minimum absolute atomic E-state index is 0.181. The summed E-state index contributed by atoms with van der Waals surface area (Å²) < 4.78 is 12.4. The first-order valence-corrected chi connectivity index (χ1v) is 15.9. The van der Waals surface area contributed by atoms with Gasteiger partial charge in [0.05, 0.1) is 5.54 Å². The third-order valence-corrected chi connectivity index (χ3v) is 9.88. The third kappa shape index (κ3) is 5.77. The predicted molar refractivity (Wildman–Crippen MR) is 113 cm³/mol. The molecule has 0 saturated carbocycles. The molecule has 26 heavy (non-hydrogen) atoms. The number of nitrogens with zero attached hydrogens (tertiary/aromatic N) is 1. The van der Waals surface area contributed by atoms with Crippen molar-refractivity contribution in [3.63, 3.8) is 0 Å². The van der Waals surface area contributed by atoms with E-state index in [9.17, 15) is 4.79 Å². The van der Waals surface area contributed by atoms with Gasteiger partial charge in [-0.15, -0.1) is 0 Å². The lowest BCUT2D eigenvalue weighted by molar-refractivity contribution is 0.0579. The second-order valence-corrected chi connectivity index (χ2v) is 17.2. The summed E-state index contributed by atoms with van der Waals surface area (Å²) in [5.74, 6) is 0.966. The first kappa shape index (κ1) is 21.3. The van der Waals surface area contributed by atoms with E-state index in [2.05, 4.69) is 37.6 Å². The van der Waals surface area contributed by atoms with E-state index in [1.807, 2.05) is 38.1 Å². The van der Waals surface area contributed by atoms with E-state index < -0.39 is 22.4 Å². The molecule has 1 aromatic carbocycles. The molecule has 4 nitrogen and oxygen atoms in total. The maximum Gasteiger partial charge on any atom is 0.382 e. The van der Waals surface area contributed by atoms with Gasteiger partial charge in [0.2, 0.25) is 0 Å². The Balaban J connectivity index is 2.07. The molecule has 0 atom stereocenters. The number of benzene rings is 1. The van der Waals surface area contributed by atoms with Crippen LogP contribution in [0, 0.1) is 0 Å². The molecule has 0 amide bonds. The second-order valence-electron chi connectivity index (χ2n) is 9.18. The minimum Gasteiger partial charge on any atom is -0.521 e. The summed E-state index contributed by atoms with van der Waals surface area (Å²) in [7, 11) is -3.86. The van der Waals surface area contributed by atoms with E-state index >= 15 is 0 Å². The SMILES string of the molecule is CC(C)(C(=O)c1ccc(O[Si](C)(C)O[Si](C)(C)C)cc1)N1CCCCC1. The summed E-state index contributed by atoms with van der Waals surface area (Å²) in [4.78, 5) is 15.4. The molecule has 0 aromatic heterocycles. The molecule has 1 aliphatic heterocycles. The van der Waals surface area contributed by atoms with Crippen molar-refractivity contribution in [3.05, 3.63) is 29.8 Å². The highest BCUT2D eigenvalue weighted by atomic mass is 28.4. The van der Waals surface area contributed by atoms with Crippen molar-refractivity contribution in [2.45, 2.75) is 71.4 Å². The number of carbonyl (C=O) groups is 1. The molecule has 1 aliphatic rings. The molecule has 0 bridgehead atoms. The molecular weight excluding hydrogens is 358 g/mol. The van der Waals surface area contributed by atoms with Crippen molar-refractivity contribution in [2.75, 3.05) is 13.1 Å². The van der Waals surface area contributed by atoms with Crippen LogP contribution in [0.1, 0.15) is 43.5 Å².